The molecule has 1 aliphatic rings. The number of amides is 1. The van der Waals surface area contributed by atoms with Crippen LogP contribution in [0, 0.1) is 5.92 Å². The highest BCUT2D eigenvalue weighted by molar-refractivity contribution is 5.81. The first kappa shape index (κ1) is 10.5. The molecule has 2 N–H and O–H groups in total. The lowest BCUT2D eigenvalue weighted by atomic mass is 9.99. The average Bonchev–Trinajstić information content (AvgIpc) is 2.87. The van der Waals surface area contributed by atoms with Gasteiger partial charge >= 0.3 is 0 Å². The summed E-state index contributed by atoms with van der Waals surface area (Å²) in [6.45, 7) is 3.97. The molecule has 1 saturated carbocycles. The van der Waals surface area contributed by atoms with Crippen LogP contribution in [-0.2, 0) is 4.79 Å². The third kappa shape index (κ3) is 3.35. The van der Waals surface area contributed by atoms with E-state index in [1.807, 2.05) is 6.92 Å². The maximum atomic E-state index is 11.3. The Bertz CT molecular complexity index is 178. The summed E-state index contributed by atoms with van der Waals surface area (Å²) in [5.41, 5.74) is 0. The van der Waals surface area contributed by atoms with E-state index in [2.05, 4.69) is 12.2 Å². The quantitative estimate of drug-likeness (QED) is 0.673. The van der Waals surface area contributed by atoms with Crippen LogP contribution in [-0.4, -0.2) is 23.2 Å². The van der Waals surface area contributed by atoms with Gasteiger partial charge in [0.25, 0.3) is 0 Å². The fraction of sp³-hybridized carbons (Fsp3) is 0.900. The van der Waals surface area contributed by atoms with Crippen molar-refractivity contribution in [3.63, 3.8) is 0 Å². The van der Waals surface area contributed by atoms with Crippen LogP contribution in [0.25, 0.3) is 0 Å². The summed E-state index contributed by atoms with van der Waals surface area (Å²) >= 11 is 0. The Morgan fingerprint density at radius 1 is 1.62 bits per heavy atom. The molecule has 1 rings (SSSR count). The van der Waals surface area contributed by atoms with Crippen molar-refractivity contribution in [2.75, 3.05) is 0 Å². The van der Waals surface area contributed by atoms with Crippen molar-refractivity contribution in [2.45, 2.75) is 51.7 Å². The van der Waals surface area contributed by atoms with Crippen LogP contribution in [0.5, 0.6) is 0 Å². The third-order valence-electron chi connectivity index (χ3n) is 2.48. The van der Waals surface area contributed by atoms with E-state index in [1.165, 1.54) is 0 Å². The lowest BCUT2D eigenvalue weighted by molar-refractivity contribution is -0.132. The molecule has 0 heterocycles. The smallest absolute Gasteiger partial charge is 0.249 e. The molecule has 13 heavy (non-hydrogen) atoms. The second-order valence-electron chi connectivity index (χ2n) is 3.99. The number of aliphatic hydroxyl groups is 1. The van der Waals surface area contributed by atoms with Gasteiger partial charge in [-0.05, 0) is 25.2 Å². The SMILES string of the molecule is CCCC(C)[C@H](O)C(=O)NC1CC1. The highest BCUT2D eigenvalue weighted by Gasteiger charge is 2.28. The van der Waals surface area contributed by atoms with E-state index in [1.54, 1.807) is 0 Å². The fourth-order valence-electron chi connectivity index (χ4n) is 1.39. The Kier molecular flexibility index (Phi) is 3.72. The van der Waals surface area contributed by atoms with Gasteiger partial charge in [-0.1, -0.05) is 20.3 Å². The molecule has 0 spiro atoms. The number of nitrogens with one attached hydrogen (secondary N) is 1. The number of hydrogen-bond donors (Lipinski definition) is 2. The van der Waals surface area contributed by atoms with Gasteiger partial charge in [0.2, 0.25) is 5.91 Å². The predicted molar refractivity (Wildman–Crippen MR) is 51.2 cm³/mol. The maximum Gasteiger partial charge on any atom is 0.249 e. The largest absolute Gasteiger partial charge is 0.383 e. The average molecular weight is 185 g/mol. The Morgan fingerprint density at radius 2 is 2.23 bits per heavy atom. The minimum absolute atomic E-state index is 0.0729. The summed E-state index contributed by atoms with van der Waals surface area (Å²) in [5.74, 6) is -0.118. The molecule has 0 radical (unpaired) electrons. The molecular weight excluding hydrogens is 166 g/mol. The zero-order valence-electron chi connectivity index (χ0n) is 8.42. The van der Waals surface area contributed by atoms with E-state index in [9.17, 15) is 9.90 Å². The van der Waals surface area contributed by atoms with E-state index >= 15 is 0 Å². The molecule has 0 aromatic carbocycles. The number of rotatable bonds is 5. The van der Waals surface area contributed by atoms with Crippen molar-refractivity contribution >= 4 is 5.91 Å². The van der Waals surface area contributed by atoms with Crippen LogP contribution in [0.4, 0.5) is 0 Å². The van der Waals surface area contributed by atoms with Crippen molar-refractivity contribution in [1.82, 2.24) is 5.32 Å². The van der Waals surface area contributed by atoms with E-state index in [0.717, 1.165) is 25.7 Å². The molecule has 3 nitrogen and oxygen atoms in total. The molecule has 0 aromatic heterocycles. The molecule has 76 valence electrons. The summed E-state index contributed by atoms with van der Waals surface area (Å²) in [6.07, 6.45) is 3.23. The van der Waals surface area contributed by atoms with Crippen LogP contribution < -0.4 is 5.32 Å². The zero-order valence-corrected chi connectivity index (χ0v) is 8.42. The van der Waals surface area contributed by atoms with E-state index in [0.29, 0.717) is 6.04 Å². The molecule has 0 saturated heterocycles. The van der Waals surface area contributed by atoms with Gasteiger partial charge in [0.15, 0.2) is 0 Å². The van der Waals surface area contributed by atoms with Gasteiger partial charge in [0.05, 0.1) is 0 Å². The zero-order chi connectivity index (χ0) is 9.84. The summed E-state index contributed by atoms with van der Waals surface area (Å²) in [5, 5.41) is 12.4. The fourth-order valence-corrected chi connectivity index (χ4v) is 1.39. The number of carbonyl (C=O) groups excluding carboxylic acids is 1. The molecule has 1 unspecified atom stereocenters. The number of aliphatic hydroxyl groups excluding tert-OH is 1. The first-order valence-electron chi connectivity index (χ1n) is 5.13. The van der Waals surface area contributed by atoms with Crippen LogP contribution in [0.3, 0.4) is 0 Å². The molecule has 1 fully saturated rings. The molecule has 0 aliphatic heterocycles. The highest BCUT2D eigenvalue weighted by Crippen LogP contribution is 2.19. The molecular formula is C10H19NO2. The van der Waals surface area contributed by atoms with Crippen molar-refractivity contribution in [2.24, 2.45) is 5.92 Å². The highest BCUT2D eigenvalue weighted by atomic mass is 16.3. The van der Waals surface area contributed by atoms with Crippen LogP contribution in [0.1, 0.15) is 39.5 Å². The lowest BCUT2D eigenvalue weighted by Crippen LogP contribution is -2.39. The minimum Gasteiger partial charge on any atom is -0.383 e. The second kappa shape index (κ2) is 4.61. The standard InChI is InChI=1S/C10H19NO2/c1-3-4-7(2)9(12)10(13)11-8-5-6-8/h7-9,12H,3-6H2,1-2H3,(H,11,13)/t7?,9-/m0/s1. The van der Waals surface area contributed by atoms with Crippen molar-refractivity contribution < 1.29 is 9.90 Å². The Labute approximate surface area is 79.5 Å². The normalized spacial score (nSPS) is 20.8. The van der Waals surface area contributed by atoms with Gasteiger partial charge in [0, 0.05) is 6.04 Å². The monoisotopic (exact) mass is 185 g/mol. The van der Waals surface area contributed by atoms with Crippen molar-refractivity contribution in [1.29, 1.82) is 0 Å². The summed E-state index contributed by atoms with van der Waals surface area (Å²) in [7, 11) is 0. The van der Waals surface area contributed by atoms with E-state index in [-0.39, 0.29) is 11.8 Å². The summed E-state index contributed by atoms with van der Waals surface area (Å²) in [4.78, 5) is 11.3. The number of carbonyl (C=O) groups is 1. The first-order chi connectivity index (χ1) is 6.15. The van der Waals surface area contributed by atoms with Gasteiger partial charge in [-0.15, -0.1) is 0 Å². The first-order valence-corrected chi connectivity index (χ1v) is 5.13. The Morgan fingerprint density at radius 3 is 2.69 bits per heavy atom. The van der Waals surface area contributed by atoms with E-state index < -0.39 is 6.10 Å². The van der Waals surface area contributed by atoms with Gasteiger partial charge in [-0.25, -0.2) is 0 Å². The van der Waals surface area contributed by atoms with Crippen molar-refractivity contribution in [3.8, 4) is 0 Å². The van der Waals surface area contributed by atoms with Crippen LogP contribution in [0.2, 0.25) is 0 Å². The minimum atomic E-state index is -0.819. The van der Waals surface area contributed by atoms with Gasteiger partial charge in [-0.2, -0.15) is 0 Å². The second-order valence-corrected chi connectivity index (χ2v) is 3.99. The van der Waals surface area contributed by atoms with Gasteiger partial charge in [0.1, 0.15) is 6.10 Å². The van der Waals surface area contributed by atoms with Gasteiger partial charge in [-0.3, -0.25) is 4.79 Å². The molecule has 0 bridgehead atoms. The maximum absolute atomic E-state index is 11.3. The molecule has 0 aromatic rings. The predicted octanol–water partition coefficient (Wildman–Crippen LogP) is 1.06. The summed E-state index contributed by atoms with van der Waals surface area (Å²) < 4.78 is 0. The Balaban J connectivity index is 2.26. The Hall–Kier alpha value is -0.570. The third-order valence-corrected chi connectivity index (χ3v) is 2.48. The summed E-state index contributed by atoms with van der Waals surface area (Å²) in [6, 6.07) is 0.343. The van der Waals surface area contributed by atoms with E-state index in [4.69, 9.17) is 0 Å². The number of hydrogen-bond acceptors (Lipinski definition) is 2. The van der Waals surface area contributed by atoms with Crippen molar-refractivity contribution in [3.05, 3.63) is 0 Å². The molecule has 1 aliphatic carbocycles. The van der Waals surface area contributed by atoms with Crippen LogP contribution in [0.15, 0.2) is 0 Å². The van der Waals surface area contributed by atoms with Gasteiger partial charge < -0.3 is 10.4 Å². The topological polar surface area (TPSA) is 49.3 Å². The molecule has 2 atom stereocenters. The lowest BCUT2D eigenvalue weighted by Gasteiger charge is -2.17. The van der Waals surface area contributed by atoms with Crippen LogP contribution >= 0.6 is 0 Å². The molecule has 3 heteroatoms. The molecule has 1 amide bonds.